The molecule has 0 amide bonds. The predicted octanol–water partition coefficient (Wildman–Crippen LogP) is 1.18. The van der Waals surface area contributed by atoms with Crippen LogP contribution in [0.2, 0.25) is 0 Å². The van der Waals surface area contributed by atoms with E-state index < -0.39 is 12.2 Å². The Morgan fingerprint density at radius 3 is 2.72 bits per heavy atom. The summed E-state index contributed by atoms with van der Waals surface area (Å²) in [7, 11) is 1.92. The van der Waals surface area contributed by atoms with Crippen LogP contribution in [0.1, 0.15) is 18.9 Å². The lowest BCUT2D eigenvalue weighted by Crippen LogP contribution is -2.52. The minimum absolute atomic E-state index is 0.179. The van der Waals surface area contributed by atoms with E-state index in [1.165, 1.54) is 5.56 Å². The highest BCUT2D eigenvalue weighted by atomic mass is 16.6. The smallest absolute Gasteiger partial charge is 0.307 e. The van der Waals surface area contributed by atoms with Crippen LogP contribution in [-0.4, -0.2) is 41.3 Å². The molecule has 98 valence electrons. The van der Waals surface area contributed by atoms with E-state index in [4.69, 9.17) is 4.74 Å². The molecular formula is C14H19NO3. The molecule has 0 aromatic heterocycles. The third kappa shape index (κ3) is 2.89. The number of hydrogen-bond donors (Lipinski definition) is 1. The summed E-state index contributed by atoms with van der Waals surface area (Å²) in [6.45, 7) is 2.44. The second-order valence-electron chi connectivity index (χ2n) is 4.86. The summed E-state index contributed by atoms with van der Waals surface area (Å²) in [4.78, 5) is 13.4. The number of rotatable bonds is 3. The van der Waals surface area contributed by atoms with Crippen LogP contribution in [0, 0.1) is 0 Å². The van der Waals surface area contributed by atoms with E-state index in [1.54, 1.807) is 6.92 Å². The molecule has 1 aliphatic heterocycles. The quantitative estimate of drug-likeness (QED) is 0.817. The summed E-state index contributed by atoms with van der Waals surface area (Å²) in [6, 6.07) is 9.83. The number of ether oxygens (including phenoxy) is 1. The number of benzene rings is 1. The van der Waals surface area contributed by atoms with Crippen molar-refractivity contribution in [3.8, 4) is 0 Å². The average molecular weight is 249 g/mol. The van der Waals surface area contributed by atoms with E-state index >= 15 is 0 Å². The Morgan fingerprint density at radius 2 is 2.06 bits per heavy atom. The lowest BCUT2D eigenvalue weighted by molar-refractivity contribution is -0.170. The molecule has 0 spiro atoms. The summed E-state index contributed by atoms with van der Waals surface area (Å²) in [5.41, 5.74) is 1.17. The molecule has 1 N–H and O–H groups in total. The molecule has 1 saturated heterocycles. The van der Waals surface area contributed by atoms with E-state index in [9.17, 15) is 9.90 Å². The third-order valence-electron chi connectivity index (χ3n) is 3.41. The number of esters is 1. The number of aliphatic hydroxyl groups is 1. The molecule has 1 aliphatic rings. The largest absolute Gasteiger partial charge is 0.460 e. The molecule has 4 nitrogen and oxygen atoms in total. The molecule has 2 rings (SSSR count). The molecular weight excluding hydrogens is 230 g/mol. The summed E-state index contributed by atoms with van der Waals surface area (Å²) in [6.07, 6.45) is -0.819. The molecule has 0 bridgehead atoms. The van der Waals surface area contributed by atoms with Gasteiger partial charge in [-0.2, -0.15) is 0 Å². The zero-order valence-corrected chi connectivity index (χ0v) is 10.7. The second-order valence-corrected chi connectivity index (χ2v) is 4.86. The lowest BCUT2D eigenvalue weighted by atomic mass is 9.98. The summed E-state index contributed by atoms with van der Waals surface area (Å²) < 4.78 is 5.01. The van der Waals surface area contributed by atoms with Gasteiger partial charge in [0.05, 0.1) is 6.42 Å². The molecule has 1 aromatic carbocycles. The van der Waals surface area contributed by atoms with Gasteiger partial charge in [0, 0.05) is 12.6 Å². The van der Waals surface area contributed by atoms with Crippen molar-refractivity contribution in [3.05, 3.63) is 35.9 Å². The molecule has 1 aromatic rings. The van der Waals surface area contributed by atoms with Gasteiger partial charge in [0.25, 0.3) is 0 Å². The Hall–Kier alpha value is -1.39. The Labute approximate surface area is 107 Å². The highest BCUT2D eigenvalue weighted by Gasteiger charge is 2.37. The third-order valence-corrected chi connectivity index (χ3v) is 3.41. The van der Waals surface area contributed by atoms with Gasteiger partial charge < -0.3 is 9.84 Å². The fraction of sp³-hybridized carbons (Fsp3) is 0.500. The zero-order chi connectivity index (χ0) is 13.1. The molecule has 0 unspecified atom stereocenters. The zero-order valence-electron chi connectivity index (χ0n) is 10.7. The molecule has 0 saturated carbocycles. The number of carbonyl (C=O) groups is 1. The highest BCUT2D eigenvalue weighted by molar-refractivity contribution is 5.71. The van der Waals surface area contributed by atoms with Crippen LogP contribution in [0.15, 0.2) is 30.3 Å². The number of hydrogen-bond acceptors (Lipinski definition) is 4. The predicted molar refractivity (Wildman–Crippen MR) is 67.9 cm³/mol. The van der Waals surface area contributed by atoms with Crippen molar-refractivity contribution in [2.75, 3.05) is 7.05 Å². The summed E-state index contributed by atoms with van der Waals surface area (Å²) >= 11 is 0. The number of nitrogens with zero attached hydrogens (tertiary/aromatic N) is 1. The van der Waals surface area contributed by atoms with E-state index in [1.807, 2.05) is 42.3 Å². The molecule has 0 aliphatic carbocycles. The van der Waals surface area contributed by atoms with Crippen molar-refractivity contribution >= 4 is 5.97 Å². The van der Waals surface area contributed by atoms with E-state index in [0.29, 0.717) is 6.54 Å². The number of carbonyl (C=O) groups excluding carboxylic acids is 1. The maximum absolute atomic E-state index is 11.4. The maximum Gasteiger partial charge on any atom is 0.307 e. The first-order chi connectivity index (χ1) is 8.58. The first-order valence-corrected chi connectivity index (χ1v) is 6.19. The Kier molecular flexibility index (Phi) is 3.99. The summed E-state index contributed by atoms with van der Waals surface area (Å²) in [5, 5.41) is 10.1. The van der Waals surface area contributed by atoms with Gasteiger partial charge >= 0.3 is 5.97 Å². The lowest BCUT2D eigenvalue weighted by Gasteiger charge is -2.37. The molecule has 3 atom stereocenters. The topological polar surface area (TPSA) is 49.8 Å². The van der Waals surface area contributed by atoms with Crippen LogP contribution in [0.4, 0.5) is 0 Å². The van der Waals surface area contributed by atoms with Crippen LogP contribution in [0.5, 0.6) is 0 Å². The van der Waals surface area contributed by atoms with Gasteiger partial charge in [-0.05, 0) is 19.5 Å². The highest BCUT2D eigenvalue weighted by Crippen LogP contribution is 2.21. The minimum Gasteiger partial charge on any atom is -0.460 e. The average Bonchev–Trinajstić information content (AvgIpc) is 2.35. The number of cyclic esters (lactones) is 1. The molecule has 1 fully saturated rings. The van der Waals surface area contributed by atoms with E-state index in [0.717, 1.165) is 0 Å². The van der Waals surface area contributed by atoms with Gasteiger partial charge in [-0.15, -0.1) is 0 Å². The number of likely N-dealkylation sites (N-methyl/N-ethyl adjacent to an activating group) is 1. The first kappa shape index (κ1) is 13.1. The van der Waals surface area contributed by atoms with Gasteiger partial charge in [0.2, 0.25) is 0 Å². The monoisotopic (exact) mass is 249 g/mol. The molecule has 18 heavy (non-hydrogen) atoms. The van der Waals surface area contributed by atoms with Crippen molar-refractivity contribution in [2.24, 2.45) is 0 Å². The van der Waals surface area contributed by atoms with Gasteiger partial charge in [-0.3, -0.25) is 9.69 Å². The maximum atomic E-state index is 11.4. The van der Waals surface area contributed by atoms with Gasteiger partial charge in [0.15, 0.2) is 0 Å². The molecule has 4 heteroatoms. The van der Waals surface area contributed by atoms with E-state index in [2.05, 4.69) is 0 Å². The second kappa shape index (κ2) is 5.50. The van der Waals surface area contributed by atoms with Crippen molar-refractivity contribution in [2.45, 2.75) is 38.1 Å². The Balaban J connectivity index is 2.03. The molecule has 1 heterocycles. The van der Waals surface area contributed by atoms with Gasteiger partial charge in [-0.25, -0.2) is 0 Å². The van der Waals surface area contributed by atoms with Crippen LogP contribution in [-0.2, 0) is 16.1 Å². The van der Waals surface area contributed by atoms with Crippen molar-refractivity contribution in [1.82, 2.24) is 4.90 Å². The minimum atomic E-state index is -0.628. The van der Waals surface area contributed by atoms with E-state index in [-0.39, 0.29) is 18.4 Å². The first-order valence-electron chi connectivity index (χ1n) is 6.19. The fourth-order valence-electron chi connectivity index (χ4n) is 2.33. The van der Waals surface area contributed by atoms with Gasteiger partial charge in [0.1, 0.15) is 12.2 Å². The van der Waals surface area contributed by atoms with Crippen molar-refractivity contribution < 1.29 is 14.6 Å². The van der Waals surface area contributed by atoms with Crippen LogP contribution in [0.3, 0.4) is 0 Å². The van der Waals surface area contributed by atoms with Crippen LogP contribution >= 0.6 is 0 Å². The molecule has 0 radical (unpaired) electrons. The Bertz CT molecular complexity index is 407. The SMILES string of the molecule is C[C@@H]1OC(=O)C[C@H](N(C)Cc2ccccc2)[C@H]1O. The van der Waals surface area contributed by atoms with Crippen LogP contribution in [0.25, 0.3) is 0 Å². The fourth-order valence-corrected chi connectivity index (χ4v) is 2.33. The van der Waals surface area contributed by atoms with Crippen molar-refractivity contribution in [3.63, 3.8) is 0 Å². The standard InChI is InChI=1S/C14H19NO3/c1-10-14(17)12(8-13(16)18-10)15(2)9-11-6-4-3-5-7-11/h3-7,10,12,14,17H,8-9H2,1-2H3/t10-,12-,14-/m0/s1. The van der Waals surface area contributed by atoms with Gasteiger partial charge in [-0.1, -0.05) is 30.3 Å². The van der Waals surface area contributed by atoms with Crippen molar-refractivity contribution in [1.29, 1.82) is 0 Å². The Morgan fingerprint density at radius 1 is 1.39 bits per heavy atom. The summed E-state index contributed by atoms with van der Waals surface area (Å²) in [5.74, 6) is -0.238. The normalized spacial score (nSPS) is 28.2. The number of aliphatic hydroxyl groups excluding tert-OH is 1. The van der Waals surface area contributed by atoms with Crippen LogP contribution < -0.4 is 0 Å².